The van der Waals surface area contributed by atoms with E-state index in [1.807, 2.05) is 18.2 Å². The number of aliphatic hydroxyl groups is 1. The fraction of sp³-hybridized carbons (Fsp3) is 0.647. The minimum atomic E-state index is -0.423. The zero-order chi connectivity index (χ0) is 14.9. The third-order valence-electron chi connectivity index (χ3n) is 5.01. The summed E-state index contributed by atoms with van der Waals surface area (Å²) in [6.07, 6.45) is 6.33. The Morgan fingerprint density at radius 2 is 2.14 bits per heavy atom. The second-order valence-electron chi connectivity index (χ2n) is 6.33. The van der Waals surface area contributed by atoms with Gasteiger partial charge in [-0.25, -0.2) is 0 Å². The molecule has 3 nitrogen and oxygen atoms in total. The molecule has 2 aliphatic rings. The number of aliphatic hydroxyl groups excluding tert-OH is 1. The highest BCUT2D eigenvalue weighted by molar-refractivity contribution is 9.10. The molecule has 1 N–H and O–H groups in total. The van der Waals surface area contributed by atoms with Gasteiger partial charge < -0.3 is 14.6 Å². The zero-order valence-electron chi connectivity index (χ0n) is 12.5. The molecule has 1 aliphatic carbocycles. The lowest BCUT2D eigenvalue weighted by Gasteiger charge is -2.40. The molecule has 2 unspecified atom stereocenters. The number of hydrogen-bond acceptors (Lipinski definition) is 3. The van der Waals surface area contributed by atoms with E-state index in [-0.39, 0.29) is 11.5 Å². The molecule has 4 heteroatoms. The standard InChI is InChI=1S/C17H23BrO3/c1-20-15-5-4-12(10-14(15)18)16(19)13-6-9-21-17(11-13)7-2-3-8-17/h4-5,10,13,16,19H,2-3,6-9,11H2,1H3. The van der Waals surface area contributed by atoms with Gasteiger partial charge in [0.2, 0.25) is 0 Å². The Balaban J connectivity index is 1.75. The fourth-order valence-electron chi connectivity index (χ4n) is 3.84. The minimum absolute atomic E-state index is 0.0492. The van der Waals surface area contributed by atoms with Crippen molar-refractivity contribution in [3.8, 4) is 5.75 Å². The Morgan fingerprint density at radius 3 is 2.81 bits per heavy atom. The van der Waals surface area contributed by atoms with E-state index in [0.717, 1.165) is 48.1 Å². The lowest BCUT2D eigenvalue weighted by Crippen LogP contribution is -2.39. The van der Waals surface area contributed by atoms with Crippen LogP contribution in [-0.4, -0.2) is 24.4 Å². The van der Waals surface area contributed by atoms with E-state index < -0.39 is 6.10 Å². The molecular weight excluding hydrogens is 332 g/mol. The summed E-state index contributed by atoms with van der Waals surface area (Å²) in [5, 5.41) is 10.8. The van der Waals surface area contributed by atoms with Crippen LogP contribution in [0.15, 0.2) is 22.7 Å². The quantitative estimate of drug-likeness (QED) is 0.882. The maximum absolute atomic E-state index is 10.8. The lowest BCUT2D eigenvalue weighted by molar-refractivity contribution is -0.113. The van der Waals surface area contributed by atoms with E-state index in [4.69, 9.17) is 9.47 Å². The van der Waals surface area contributed by atoms with Gasteiger partial charge in [-0.15, -0.1) is 0 Å². The molecule has 2 atom stereocenters. The maximum Gasteiger partial charge on any atom is 0.133 e. The topological polar surface area (TPSA) is 38.7 Å². The monoisotopic (exact) mass is 354 g/mol. The predicted octanol–water partition coefficient (Wildman–Crippen LogP) is 4.23. The molecule has 1 aromatic rings. The van der Waals surface area contributed by atoms with E-state index >= 15 is 0 Å². The van der Waals surface area contributed by atoms with Crippen molar-refractivity contribution < 1.29 is 14.6 Å². The van der Waals surface area contributed by atoms with Crippen molar-refractivity contribution in [1.29, 1.82) is 0 Å². The van der Waals surface area contributed by atoms with E-state index in [2.05, 4.69) is 15.9 Å². The first kappa shape index (κ1) is 15.3. The van der Waals surface area contributed by atoms with Gasteiger partial charge in [-0.2, -0.15) is 0 Å². The number of methoxy groups -OCH3 is 1. The average molecular weight is 355 g/mol. The van der Waals surface area contributed by atoms with Crippen LogP contribution >= 0.6 is 15.9 Å². The van der Waals surface area contributed by atoms with E-state index in [1.54, 1.807) is 7.11 Å². The highest BCUT2D eigenvalue weighted by Crippen LogP contribution is 2.45. The summed E-state index contributed by atoms with van der Waals surface area (Å²) in [5.41, 5.74) is 1.01. The second-order valence-corrected chi connectivity index (χ2v) is 7.18. The third-order valence-corrected chi connectivity index (χ3v) is 5.63. The second kappa shape index (κ2) is 6.27. The smallest absolute Gasteiger partial charge is 0.133 e. The van der Waals surface area contributed by atoms with Gasteiger partial charge in [0.25, 0.3) is 0 Å². The third kappa shape index (κ3) is 3.13. The molecule has 1 aliphatic heterocycles. The lowest BCUT2D eigenvalue weighted by atomic mass is 9.80. The number of benzene rings is 1. The van der Waals surface area contributed by atoms with Crippen molar-refractivity contribution in [2.75, 3.05) is 13.7 Å². The van der Waals surface area contributed by atoms with Gasteiger partial charge in [0, 0.05) is 6.61 Å². The molecule has 0 bridgehead atoms. The molecule has 1 spiro atoms. The van der Waals surface area contributed by atoms with Crippen LogP contribution in [0.5, 0.6) is 5.75 Å². The number of hydrogen-bond donors (Lipinski definition) is 1. The van der Waals surface area contributed by atoms with Crippen molar-refractivity contribution in [1.82, 2.24) is 0 Å². The van der Waals surface area contributed by atoms with Crippen molar-refractivity contribution >= 4 is 15.9 Å². The Hall–Kier alpha value is -0.580. The average Bonchev–Trinajstić information content (AvgIpc) is 2.94. The minimum Gasteiger partial charge on any atom is -0.496 e. The summed E-state index contributed by atoms with van der Waals surface area (Å²) in [5.74, 6) is 1.09. The summed E-state index contributed by atoms with van der Waals surface area (Å²) >= 11 is 3.50. The first-order chi connectivity index (χ1) is 10.1. The van der Waals surface area contributed by atoms with Crippen LogP contribution in [0, 0.1) is 5.92 Å². The number of ether oxygens (including phenoxy) is 2. The Kier molecular flexibility index (Phi) is 4.57. The number of rotatable bonds is 3. The van der Waals surface area contributed by atoms with Crippen LogP contribution in [0.2, 0.25) is 0 Å². The first-order valence-electron chi connectivity index (χ1n) is 7.79. The molecule has 2 fully saturated rings. The SMILES string of the molecule is COc1ccc(C(O)C2CCOC3(CCCC3)C2)cc1Br. The van der Waals surface area contributed by atoms with E-state index in [9.17, 15) is 5.11 Å². The molecule has 116 valence electrons. The summed E-state index contributed by atoms with van der Waals surface area (Å²) in [7, 11) is 1.65. The van der Waals surface area contributed by atoms with E-state index in [0.29, 0.717) is 0 Å². The van der Waals surface area contributed by atoms with Gasteiger partial charge in [0.05, 0.1) is 23.3 Å². The van der Waals surface area contributed by atoms with Crippen LogP contribution in [-0.2, 0) is 4.74 Å². The van der Waals surface area contributed by atoms with Crippen molar-refractivity contribution in [3.05, 3.63) is 28.2 Å². The van der Waals surface area contributed by atoms with Gasteiger partial charge in [-0.3, -0.25) is 0 Å². The predicted molar refractivity (Wildman–Crippen MR) is 85.5 cm³/mol. The summed E-state index contributed by atoms with van der Waals surface area (Å²) in [6, 6.07) is 5.85. The molecule has 21 heavy (non-hydrogen) atoms. The largest absolute Gasteiger partial charge is 0.496 e. The molecule has 1 saturated carbocycles. The Bertz CT molecular complexity index is 497. The van der Waals surface area contributed by atoms with Crippen LogP contribution in [0.1, 0.15) is 50.2 Å². The highest BCUT2D eigenvalue weighted by atomic mass is 79.9. The van der Waals surface area contributed by atoms with Crippen LogP contribution in [0.25, 0.3) is 0 Å². The Morgan fingerprint density at radius 1 is 1.38 bits per heavy atom. The summed E-state index contributed by atoms with van der Waals surface area (Å²) in [6.45, 7) is 0.777. The molecular formula is C17H23BrO3. The molecule has 0 aromatic heterocycles. The molecule has 1 heterocycles. The number of halogens is 1. The molecule has 0 radical (unpaired) electrons. The fourth-order valence-corrected chi connectivity index (χ4v) is 4.40. The van der Waals surface area contributed by atoms with Crippen molar-refractivity contribution in [2.24, 2.45) is 5.92 Å². The van der Waals surface area contributed by atoms with Gasteiger partial charge in [0.1, 0.15) is 5.75 Å². The Labute approximate surface area is 134 Å². The highest BCUT2D eigenvalue weighted by Gasteiger charge is 2.41. The van der Waals surface area contributed by atoms with E-state index in [1.165, 1.54) is 12.8 Å². The summed E-state index contributed by atoms with van der Waals surface area (Å²) < 4.78 is 12.2. The maximum atomic E-state index is 10.8. The normalized spacial score (nSPS) is 26.0. The molecule has 0 amide bonds. The summed E-state index contributed by atoms with van der Waals surface area (Å²) in [4.78, 5) is 0. The van der Waals surface area contributed by atoms with Crippen molar-refractivity contribution in [2.45, 2.75) is 50.2 Å². The first-order valence-corrected chi connectivity index (χ1v) is 8.58. The molecule has 1 aromatic carbocycles. The molecule has 3 rings (SSSR count). The molecule has 1 saturated heterocycles. The van der Waals surface area contributed by atoms with Crippen LogP contribution < -0.4 is 4.74 Å². The van der Waals surface area contributed by atoms with Gasteiger partial charge in [-0.1, -0.05) is 18.9 Å². The van der Waals surface area contributed by atoms with Crippen LogP contribution in [0.4, 0.5) is 0 Å². The zero-order valence-corrected chi connectivity index (χ0v) is 14.1. The van der Waals surface area contributed by atoms with Gasteiger partial charge in [0.15, 0.2) is 0 Å². The van der Waals surface area contributed by atoms with Crippen molar-refractivity contribution in [3.63, 3.8) is 0 Å². The van der Waals surface area contributed by atoms with Crippen LogP contribution in [0.3, 0.4) is 0 Å². The van der Waals surface area contributed by atoms with Gasteiger partial charge >= 0.3 is 0 Å². The van der Waals surface area contributed by atoms with Gasteiger partial charge in [-0.05, 0) is 65.2 Å².